The van der Waals surface area contributed by atoms with Crippen molar-refractivity contribution in [3.8, 4) is 0 Å². The topological polar surface area (TPSA) is 81.0 Å². The van der Waals surface area contributed by atoms with Gasteiger partial charge in [-0.05, 0) is 13.8 Å². The van der Waals surface area contributed by atoms with Gasteiger partial charge < -0.3 is 19.3 Å². The van der Waals surface area contributed by atoms with Crippen LogP contribution in [-0.2, 0) is 9.47 Å². The highest BCUT2D eigenvalue weighted by Crippen LogP contribution is 2.32. The van der Waals surface area contributed by atoms with E-state index in [1.54, 1.807) is 12.3 Å². The zero-order chi connectivity index (χ0) is 16.4. The molecule has 3 rings (SSSR count). The first-order valence-electron chi connectivity index (χ1n) is 7.82. The van der Waals surface area contributed by atoms with Gasteiger partial charge in [0.2, 0.25) is 5.82 Å². The van der Waals surface area contributed by atoms with Crippen LogP contribution in [0.5, 0.6) is 0 Å². The average molecular weight is 322 g/mol. The van der Waals surface area contributed by atoms with E-state index in [0.717, 1.165) is 5.69 Å². The Morgan fingerprint density at radius 2 is 1.91 bits per heavy atom. The number of hydrogen-bond donors (Lipinski definition) is 0. The number of nitro groups is 1. The number of morpholine rings is 2. The maximum absolute atomic E-state index is 11.5. The second kappa shape index (κ2) is 6.29. The number of nitrogens with zero attached hydrogens (tertiary/aromatic N) is 4. The lowest BCUT2D eigenvalue weighted by atomic mass is 10.1. The van der Waals surface area contributed by atoms with E-state index in [2.05, 4.69) is 9.88 Å². The minimum absolute atomic E-state index is 0.0497. The Hall–Kier alpha value is -1.93. The van der Waals surface area contributed by atoms with Crippen LogP contribution in [0.25, 0.3) is 0 Å². The van der Waals surface area contributed by atoms with E-state index >= 15 is 0 Å². The number of aromatic nitrogens is 1. The molecule has 0 aliphatic carbocycles. The third-order valence-electron chi connectivity index (χ3n) is 4.13. The molecule has 23 heavy (non-hydrogen) atoms. The van der Waals surface area contributed by atoms with Gasteiger partial charge in [-0.3, -0.25) is 10.1 Å². The van der Waals surface area contributed by atoms with Gasteiger partial charge in [-0.2, -0.15) is 0 Å². The number of ether oxygens (including phenoxy) is 2. The Bertz CT molecular complexity index is 587. The van der Waals surface area contributed by atoms with E-state index in [1.165, 1.54) is 0 Å². The lowest BCUT2D eigenvalue weighted by Gasteiger charge is -2.39. The molecule has 0 saturated carbocycles. The van der Waals surface area contributed by atoms with Gasteiger partial charge in [-0.25, -0.2) is 4.98 Å². The van der Waals surface area contributed by atoms with Gasteiger partial charge in [0.25, 0.3) is 0 Å². The number of hydrogen-bond acceptors (Lipinski definition) is 7. The molecule has 8 heteroatoms. The molecule has 2 aliphatic rings. The Labute approximate surface area is 135 Å². The van der Waals surface area contributed by atoms with Crippen LogP contribution in [0.15, 0.2) is 12.3 Å². The molecule has 3 heterocycles. The Kier molecular flexibility index (Phi) is 4.36. The van der Waals surface area contributed by atoms with Gasteiger partial charge in [-0.15, -0.1) is 0 Å². The standard InChI is InChI=1S/C15H22N4O4/c1-15(2)11-18(5-8-23-15)12-9-13(19(20)21)14(16-10-12)17-3-6-22-7-4-17/h9-10H,3-8,11H2,1-2H3. The molecule has 0 unspecified atom stereocenters. The fourth-order valence-electron chi connectivity index (χ4n) is 3.00. The van der Waals surface area contributed by atoms with Crippen LogP contribution in [0.4, 0.5) is 17.2 Å². The Morgan fingerprint density at radius 1 is 1.22 bits per heavy atom. The van der Waals surface area contributed by atoms with Gasteiger partial charge in [0, 0.05) is 32.2 Å². The quantitative estimate of drug-likeness (QED) is 0.615. The number of rotatable bonds is 3. The first kappa shape index (κ1) is 15.9. The molecular weight excluding hydrogens is 300 g/mol. The SMILES string of the molecule is CC1(C)CN(c2cnc(N3CCOCC3)c([N+](=O)[O-])c2)CCO1. The average Bonchev–Trinajstić information content (AvgIpc) is 2.54. The van der Waals surface area contributed by atoms with Crippen LogP contribution in [-0.4, -0.2) is 61.5 Å². The first-order chi connectivity index (χ1) is 11.0. The second-order valence-corrected chi connectivity index (χ2v) is 6.42. The van der Waals surface area contributed by atoms with E-state index in [0.29, 0.717) is 51.8 Å². The summed E-state index contributed by atoms with van der Waals surface area (Å²) in [5.41, 5.74) is 0.550. The van der Waals surface area contributed by atoms with Crippen LogP contribution in [0.3, 0.4) is 0 Å². The van der Waals surface area contributed by atoms with Crippen molar-refractivity contribution in [2.45, 2.75) is 19.4 Å². The van der Waals surface area contributed by atoms with Crippen LogP contribution < -0.4 is 9.80 Å². The summed E-state index contributed by atoms with van der Waals surface area (Å²) in [7, 11) is 0. The summed E-state index contributed by atoms with van der Waals surface area (Å²) >= 11 is 0. The lowest BCUT2D eigenvalue weighted by molar-refractivity contribution is -0.384. The fourth-order valence-corrected chi connectivity index (χ4v) is 3.00. The normalized spacial score (nSPS) is 21.3. The third-order valence-corrected chi connectivity index (χ3v) is 4.13. The zero-order valence-corrected chi connectivity index (χ0v) is 13.5. The molecule has 0 spiro atoms. The minimum Gasteiger partial charge on any atom is -0.378 e. The maximum atomic E-state index is 11.5. The summed E-state index contributed by atoms with van der Waals surface area (Å²) in [6, 6.07) is 1.62. The summed E-state index contributed by atoms with van der Waals surface area (Å²) in [6.45, 7) is 8.41. The molecular formula is C15H22N4O4. The lowest BCUT2D eigenvalue weighted by Crippen LogP contribution is -2.48. The molecule has 2 aliphatic heterocycles. The molecule has 2 fully saturated rings. The van der Waals surface area contributed by atoms with Gasteiger partial charge in [-0.1, -0.05) is 0 Å². The summed E-state index contributed by atoms with van der Waals surface area (Å²) in [5.74, 6) is 0.426. The van der Waals surface area contributed by atoms with Crippen molar-refractivity contribution >= 4 is 17.2 Å². The summed E-state index contributed by atoms with van der Waals surface area (Å²) < 4.78 is 11.0. The Balaban J connectivity index is 1.88. The third kappa shape index (κ3) is 3.53. The van der Waals surface area contributed by atoms with Crippen molar-refractivity contribution in [2.75, 3.05) is 55.8 Å². The van der Waals surface area contributed by atoms with E-state index in [-0.39, 0.29) is 16.2 Å². The van der Waals surface area contributed by atoms with E-state index < -0.39 is 0 Å². The first-order valence-corrected chi connectivity index (χ1v) is 7.82. The van der Waals surface area contributed by atoms with Crippen LogP contribution in [0.1, 0.15) is 13.8 Å². The summed E-state index contributed by atoms with van der Waals surface area (Å²) in [5, 5.41) is 11.5. The van der Waals surface area contributed by atoms with Crippen molar-refractivity contribution in [1.29, 1.82) is 0 Å². The molecule has 1 aromatic rings. The molecule has 8 nitrogen and oxygen atoms in total. The fraction of sp³-hybridized carbons (Fsp3) is 0.667. The monoisotopic (exact) mass is 322 g/mol. The second-order valence-electron chi connectivity index (χ2n) is 6.42. The largest absolute Gasteiger partial charge is 0.378 e. The molecule has 0 radical (unpaired) electrons. The highest BCUT2D eigenvalue weighted by atomic mass is 16.6. The summed E-state index contributed by atoms with van der Waals surface area (Å²) in [6.07, 6.45) is 1.72. The van der Waals surface area contributed by atoms with Gasteiger partial charge in [0.05, 0.1) is 42.2 Å². The molecule has 0 aromatic carbocycles. The molecule has 0 amide bonds. The van der Waals surface area contributed by atoms with Crippen molar-refractivity contribution in [2.24, 2.45) is 0 Å². The van der Waals surface area contributed by atoms with Crippen molar-refractivity contribution in [3.63, 3.8) is 0 Å². The van der Waals surface area contributed by atoms with Crippen LogP contribution in [0.2, 0.25) is 0 Å². The predicted molar refractivity (Wildman–Crippen MR) is 86.2 cm³/mol. The molecule has 0 bridgehead atoms. The molecule has 0 N–H and O–H groups in total. The molecule has 0 atom stereocenters. The molecule has 126 valence electrons. The van der Waals surface area contributed by atoms with Gasteiger partial charge in [0.1, 0.15) is 0 Å². The van der Waals surface area contributed by atoms with E-state index in [9.17, 15) is 10.1 Å². The van der Waals surface area contributed by atoms with Crippen molar-refractivity contribution in [1.82, 2.24) is 4.98 Å². The smallest absolute Gasteiger partial charge is 0.313 e. The van der Waals surface area contributed by atoms with Gasteiger partial charge in [0.15, 0.2) is 0 Å². The maximum Gasteiger partial charge on any atom is 0.313 e. The van der Waals surface area contributed by atoms with Crippen molar-refractivity contribution < 1.29 is 14.4 Å². The van der Waals surface area contributed by atoms with Crippen LogP contribution >= 0.6 is 0 Å². The highest BCUT2D eigenvalue weighted by Gasteiger charge is 2.30. The summed E-state index contributed by atoms with van der Waals surface area (Å²) in [4.78, 5) is 19.5. The van der Waals surface area contributed by atoms with E-state index in [4.69, 9.17) is 9.47 Å². The predicted octanol–water partition coefficient (Wildman–Crippen LogP) is 1.44. The van der Waals surface area contributed by atoms with E-state index in [1.807, 2.05) is 18.7 Å². The highest BCUT2D eigenvalue weighted by molar-refractivity contribution is 5.65. The Morgan fingerprint density at radius 3 is 2.57 bits per heavy atom. The van der Waals surface area contributed by atoms with Crippen LogP contribution in [0, 0.1) is 10.1 Å². The molecule has 2 saturated heterocycles. The number of pyridine rings is 1. The zero-order valence-electron chi connectivity index (χ0n) is 13.5. The molecule has 1 aromatic heterocycles. The number of anilines is 2. The van der Waals surface area contributed by atoms with Gasteiger partial charge >= 0.3 is 5.69 Å². The minimum atomic E-state index is -0.354. The van der Waals surface area contributed by atoms with Crippen molar-refractivity contribution in [3.05, 3.63) is 22.4 Å².